The van der Waals surface area contributed by atoms with E-state index in [0.29, 0.717) is 5.56 Å². The molecule has 1 heterocycles. The molecule has 5 heteroatoms. The van der Waals surface area contributed by atoms with E-state index in [1.54, 1.807) is 24.5 Å². The molecule has 5 nitrogen and oxygen atoms in total. The van der Waals surface area contributed by atoms with Crippen molar-refractivity contribution in [2.45, 2.75) is 6.92 Å². The Bertz CT molecular complexity index is 1050. The molecule has 0 radical (unpaired) electrons. The van der Waals surface area contributed by atoms with Crippen molar-refractivity contribution in [1.82, 2.24) is 4.98 Å². The summed E-state index contributed by atoms with van der Waals surface area (Å²) >= 11 is 0. The van der Waals surface area contributed by atoms with Crippen molar-refractivity contribution in [1.29, 1.82) is 0 Å². The Balaban J connectivity index is 1.65. The smallest absolute Gasteiger partial charge is 0.255 e. The molecule has 0 aliphatic rings. The normalized spacial score (nSPS) is 11.2. The van der Waals surface area contributed by atoms with Gasteiger partial charge in [-0.05, 0) is 73.7 Å². The van der Waals surface area contributed by atoms with Gasteiger partial charge in [0.1, 0.15) is 0 Å². The fourth-order valence-electron chi connectivity index (χ4n) is 2.79. The highest BCUT2D eigenvalue weighted by atomic mass is 16.1. The summed E-state index contributed by atoms with van der Waals surface area (Å²) in [5.41, 5.74) is 4.89. The SMILES string of the molecule is C=C/C=C(\C=C/C)Nc1ccc(NC(=O)c2cccc(Nc3ccncc3)c2)cc1. The standard InChI is InChI=1S/C25H24N4O/c1-3-6-20(7-4-2)27-21-10-12-22(13-11-21)29-25(30)19-8-5-9-24(18-19)28-23-14-16-26-17-15-23/h3-18,27H,1H2,2H3,(H,26,28)(H,29,30)/b7-4-,20-6+. The molecule has 0 fully saturated rings. The number of hydrogen-bond donors (Lipinski definition) is 3. The molecular weight excluding hydrogens is 372 g/mol. The molecule has 30 heavy (non-hydrogen) atoms. The van der Waals surface area contributed by atoms with Crippen molar-refractivity contribution in [2.75, 3.05) is 16.0 Å². The average molecular weight is 396 g/mol. The van der Waals surface area contributed by atoms with Crippen molar-refractivity contribution >= 4 is 28.7 Å². The molecule has 0 unspecified atom stereocenters. The summed E-state index contributed by atoms with van der Waals surface area (Å²) < 4.78 is 0. The third-order valence-electron chi connectivity index (χ3n) is 4.17. The van der Waals surface area contributed by atoms with Crippen molar-refractivity contribution in [3.05, 3.63) is 115 Å². The number of nitrogens with zero attached hydrogens (tertiary/aromatic N) is 1. The number of aromatic nitrogens is 1. The van der Waals surface area contributed by atoms with Crippen molar-refractivity contribution in [3.8, 4) is 0 Å². The molecule has 0 saturated heterocycles. The van der Waals surface area contributed by atoms with Gasteiger partial charge in [-0.15, -0.1) is 0 Å². The molecular formula is C25H24N4O. The van der Waals surface area contributed by atoms with Gasteiger partial charge in [0, 0.05) is 46.4 Å². The zero-order valence-electron chi connectivity index (χ0n) is 16.8. The van der Waals surface area contributed by atoms with Crippen LogP contribution in [0.4, 0.5) is 22.7 Å². The Morgan fingerprint density at radius 2 is 1.60 bits per heavy atom. The highest BCUT2D eigenvalue weighted by Gasteiger charge is 2.07. The minimum Gasteiger partial charge on any atom is -0.356 e. The van der Waals surface area contributed by atoms with Gasteiger partial charge in [0.15, 0.2) is 0 Å². The van der Waals surface area contributed by atoms with Gasteiger partial charge in [-0.25, -0.2) is 0 Å². The van der Waals surface area contributed by atoms with E-state index in [0.717, 1.165) is 28.4 Å². The lowest BCUT2D eigenvalue weighted by Gasteiger charge is -2.10. The quantitative estimate of drug-likeness (QED) is 0.400. The highest BCUT2D eigenvalue weighted by molar-refractivity contribution is 6.05. The molecule has 3 aromatic rings. The third kappa shape index (κ3) is 5.94. The molecule has 0 aliphatic carbocycles. The van der Waals surface area contributed by atoms with Gasteiger partial charge in [-0.1, -0.05) is 24.8 Å². The Morgan fingerprint density at radius 1 is 0.900 bits per heavy atom. The van der Waals surface area contributed by atoms with Gasteiger partial charge in [0.25, 0.3) is 5.91 Å². The number of amides is 1. The van der Waals surface area contributed by atoms with Crippen LogP contribution in [0.5, 0.6) is 0 Å². The lowest BCUT2D eigenvalue weighted by atomic mass is 10.1. The number of rotatable bonds is 8. The van der Waals surface area contributed by atoms with Crippen molar-refractivity contribution in [2.24, 2.45) is 0 Å². The summed E-state index contributed by atoms with van der Waals surface area (Å²) in [6, 6.07) is 18.6. The summed E-state index contributed by atoms with van der Waals surface area (Å²) in [6.45, 7) is 5.68. The summed E-state index contributed by atoms with van der Waals surface area (Å²) in [4.78, 5) is 16.7. The molecule has 3 rings (SSSR count). The molecule has 3 N–H and O–H groups in total. The van der Waals surface area contributed by atoms with Crippen LogP contribution in [-0.2, 0) is 0 Å². The zero-order chi connectivity index (χ0) is 21.2. The summed E-state index contributed by atoms with van der Waals surface area (Å²) in [5, 5.41) is 9.50. The van der Waals surface area contributed by atoms with Crippen LogP contribution < -0.4 is 16.0 Å². The number of allylic oxidation sites excluding steroid dienone is 4. The number of nitrogens with one attached hydrogen (secondary N) is 3. The topological polar surface area (TPSA) is 66.0 Å². The first-order chi connectivity index (χ1) is 14.7. The minimum atomic E-state index is -0.171. The second-order valence-corrected chi connectivity index (χ2v) is 6.46. The average Bonchev–Trinajstić information content (AvgIpc) is 2.76. The van der Waals surface area contributed by atoms with E-state index in [1.807, 2.05) is 79.7 Å². The van der Waals surface area contributed by atoms with Crippen LogP contribution >= 0.6 is 0 Å². The molecule has 2 aromatic carbocycles. The maximum absolute atomic E-state index is 12.7. The van der Waals surface area contributed by atoms with Crippen LogP contribution in [0.15, 0.2) is 110 Å². The Morgan fingerprint density at radius 3 is 2.27 bits per heavy atom. The first-order valence-corrected chi connectivity index (χ1v) is 9.59. The maximum atomic E-state index is 12.7. The molecule has 1 amide bonds. The van der Waals surface area contributed by atoms with Crippen LogP contribution in [0, 0.1) is 0 Å². The Kier molecular flexibility index (Phi) is 7.17. The van der Waals surface area contributed by atoms with Gasteiger partial charge in [-0.2, -0.15) is 0 Å². The second-order valence-electron chi connectivity index (χ2n) is 6.46. The fraction of sp³-hybridized carbons (Fsp3) is 0.0400. The lowest BCUT2D eigenvalue weighted by Crippen LogP contribution is -2.12. The van der Waals surface area contributed by atoms with E-state index in [1.165, 1.54) is 0 Å². The van der Waals surface area contributed by atoms with E-state index >= 15 is 0 Å². The van der Waals surface area contributed by atoms with Crippen LogP contribution in [0.2, 0.25) is 0 Å². The van der Waals surface area contributed by atoms with E-state index in [2.05, 4.69) is 27.5 Å². The number of hydrogen-bond acceptors (Lipinski definition) is 4. The predicted molar refractivity (Wildman–Crippen MR) is 125 cm³/mol. The molecule has 0 spiro atoms. The predicted octanol–water partition coefficient (Wildman–Crippen LogP) is 6.14. The van der Waals surface area contributed by atoms with E-state index in [4.69, 9.17) is 0 Å². The molecule has 0 atom stereocenters. The van der Waals surface area contributed by atoms with Gasteiger partial charge < -0.3 is 16.0 Å². The van der Waals surface area contributed by atoms with Crippen molar-refractivity contribution in [3.63, 3.8) is 0 Å². The van der Waals surface area contributed by atoms with Crippen LogP contribution in [0.3, 0.4) is 0 Å². The van der Waals surface area contributed by atoms with E-state index in [9.17, 15) is 4.79 Å². The fourth-order valence-corrected chi connectivity index (χ4v) is 2.79. The van der Waals surface area contributed by atoms with Gasteiger partial charge in [0.05, 0.1) is 0 Å². The molecule has 0 saturated carbocycles. The first-order valence-electron chi connectivity index (χ1n) is 9.59. The summed E-state index contributed by atoms with van der Waals surface area (Å²) in [6.07, 6.45) is 11.0. The van der Waals surface area contributed by atoms with Gasteiger partial charge in [0.2, 0.25) is 0 Å². The summed E-state index contributed by atoms with van der Waals surface area (Å²) in [7, 11) is 0. The zero-order valence-corrected chi connectivity index (χ0v) is 16.8. The Hall–Kier alpha value is -4.12. The number of benzene rings is 2. The van der Waals surface area contributed by atoms with Crippen LogP contribution in [-0.4, -0.2) is 10.9 Å². The molecule has 0 aliphatic heterocycles. The number of anilines is 4. The molecule has 1 aromatic heterocycles. The first kappa shape index (κ1) is 20.6. The Labute approximate surface area is 176 Å². The monoisotopic (exact) mass is 396 g/mol. The lowest BCUT2D eigenvalue weighted by molar-refractivity contribution is 0.102. The van der Waals surface area contributed by atoms with E-state index < -0.39 is 0 Å². The number of pyridine rings is 1. The number of carbonyl (C=O) groups excluding carboxylic acids is 1. The number of carbonyl (C=O) groups is 1. The third-order valence-corrected chi connectivity index (χ3v) is 4.17. The maximum Gasteiger partial charge on any atom is 0.255 e. The largest absolute Gasteiger partial charge is 0.356 e. The van der Waals surface area contributed by atoms with Gasteiger partial charge in [-0.3, -0.25) is 9.78 Å². The van der Waals surface area contributed by atoms with E-state index in [-0.39, 0.29) is 5.91 Å². The van der Waals surface area contributed by atoms with Crippen molar-refractivity contribution < 1.29 is 4.79 Å². The van der Waals surface area contributed by atoms with Crippen LogP contribution in [0.1, 0.15) is 17.3 Å². The van der Waals surface area contributed by atoms with Crippen LogP contribution in [0.25, 0.3) is 0 Å². The van der Waals surface area contributed by atoms with Gasteiger partial charge >= 0.3 is 0 Å². The highest BCUT2D eigenvalue weighted by Crippen LogP contribution is 2.19. The summed E-state index contributed by atoms with van der Waals surface area (Å²) in [5.74, 6) is -0.171. The molecule has 150 valence electrons. The second kappa shape index (κ2) is 10.4. The minimum absolute atomic E-state index is 0.171. The molecule has 0 bridgehead atoms.